The number of carbonyl (C=O) groups is 1. The number of furan rings is 1. The molecule has 1 amide bonds. The molecule has 1 aliphatic carbocycles. The van der Waals surface area contributed by atoms with Gasteiger partial charge in [0.1, 0.15) is 11.6 Å². The number of rotatable bonds is 4. The lowest BCUT2D eigenvalue weighted by Crippen LogP contribution is -2.38. The molecule has 0 radical (unpaired) electrons. The van der Waals surface area contributed by atoms with Crippen molar-refractivity contribution in [2.45, 2.75) is 37.6 Å². The predicted molar refractivity (Wildman–Crippen MR) is 84.4 cm³/mol. The number of carbonyl (C=O) groups excluding carboxylic acids is 1. The predicted octanol–water partition coefficient (Wildman–Crippen LogP) is 3.76. The molecule has 2 heterocycles. The van der Waals surface area contributed by atoms with Gasteiger partial charge in [0.2, 0.25) is 5.91 Å². The molecule has 2 aromatic rings. The van der Waals surface area contributed by atoms with Crippen LogP contribution in [0.1, 0.15) is 36.5 Å². The maximum absolute atomic E-state index is 13.0. The van der Waals surface area contributed by atoms with E-state index in [1.54, 1.807) is 6.26 Å². The zero-order chi connectivity index (χ0) is 15.8. The van der Waals surface area contributed by atoms with Crippen molar-refractivity contribution in [2.75, 3.05) is 6.54 Å². The van der Waals surface area contributed by atoms with Crippen LogP contribution in [-0.4, -0.2) is 23.4 Å². The van der Waals surface area contributed by atoms with Gasteiger partial charge in [-0.05, 0) is 55.5 Å². The van der Waals surface area contributed by atoms with E-state index in [9.17, 15) is 9.18 Å². The van der Waals surface area contributed by atoms with Crippen LogP contribution < -0.4 is 0 Å². The Kier molecular flexibility index (Phi) is 3.68. The Morgan fingerprint density at radius 1 is 1.26 bits per heavy atom. The first-order valence-electron chi connectivity index (χ1n) is 8.30. The van der Waals surface area contributed by atoms with E-state index in [4.69, 9.17) is 4.42 Å². The first-order chi connectivity index (χ1) is 11.2. The number of amides is 1. The minimum absolute atomic E-state index is 0.0787. The lowest BCUT2D eigenvalue weighted by atomic mass is 10.0. The second kappa shape index (κ2) is 5.84. The van der Waals surface area contributed by atoms with E-state index in [1.807, 2.05) is 29.2 Å². The van der Waals surface area contributed by atoms with E-state index >= 15 is 0 Å². The normalized spacial score (nSPS) is 26.5. The molecule has 2 fully saturated rings. The van der Waals surface area contributed by atoms with Crippen molar-refractivity contribution in [3.8, 4) is 0 Å². The van der Waals surface area contributed by atoms with E-state index in [0.717, 1.165) is 43.6 Å². The minimum Gasteiger partial charge on any atom is -0.469 e. The highest BCUT2D eigenvalue weighted by molar-refractivity contribution is 5.83. The number of hydrogen-bond acceptors (Lipinski definition) is 2. The van der Waals surface area contributed by atoms with Crippen molar-refractivity contribution in [3.63, 3.8) is 0 Å². The van der Waals surface area contributed by atoms with Gasteiger partial charge in [-0.2, -0.15) is 0 Å². The molecular formula is C19H20FNO2. The van der Waals surface area contributed by atoms with E-state index in [2.05, 4.69) is 0 Å². The van der Waals surface area contributed by atoms with Gasteiger partial charge in [0.05, 0.1) is 6.26 Å². The average molecular weight is 313 g/mol. The van der Waals surface area contributed by atoms with Crippen LogP contribution in [0.4, 0.5) is 4.39 Å². The number of hydrogen-bond donors (Lipinski definition) is 0. The molecule has 3 nitrogen and oxygen atoms in total. The lowest BCUT2D eigenvalue weighted by Gasteiger charge is -2.25. The topological polar surface area (TPSA) is 33.5 Å². The van der Waals surface area contributed by atoms with Gasteiger partial charge in [-0.1, -0.05) is 12.1 Å². The third-order valence-corrected chi connectivity index (χ3v) is 5.06. The molecule has 0 spiro atoms. The van der Waals surface area contributed by atoms with E-state index in [-0.39, 0.29) is 29.6 Å². The molecule has 0 bridgehead atoms. The zero-order valence-corrected chi connectivity index (χ0v) is 13.0. The molecule has 0 N–H and O–H groups in total. The Labute approximate surface area is 135 Å². The lowest BCUT2D eigenvalue weighted by molar-refractivity contribution is -0.133. The summed E-state index contributed by atoms with van der Waals surface area (Å²) in [6.07, 6.45) is 5.45. The van der Waals surface area contributed by atoms with Gasteiger partial charge in [0, 0.05) is 24.4 Å². The van der Waals surface area contributed by atoms with E-state index in [1.165, 1.54) is 12.1 Å². The smallest absolute Gasteiger partial charge is 0.226 e. The van der Waals surface area contributed by atoms with Crippen molar-refractivity contribution in [2.24, 2.45) is 5.92 Å². The maximum atomic E-state index is 13.0. The Morgan fingerprint density at radius 3 is 2.83 bits per heavy atom. The van der Waals surface area contributed by atoms with Crippen LogP contribution in [0.25, 0.3) is 0 Å². The molecule has 4 heteroatoms. The minimum atomic E-state index is -0.215. The summed E-state index contributed by atoms with van der Waals surface area (Å²) in [7, 11) is 0. The molecule has 0 unspecified atom stereocenters. The van der Waals surface area contributed by atoms with Gasteiger partial charge in [-0.3, -0.25) is 4.79 Å². The molecule has 1 saturated heterocycles. The summed E-state index contributed by atoms with van der Waals surface area (Å²) in [6.45, 7) is 0.839. The first kappa shape index (κ1) is 14.5. The standard InChI is InChI=1S/C19H20FNO2/c20-14-7-5-13(6-8-14)11-15-3-1-9-21(15)19(22)17-12-16(17)18-4-2-10-23-18/h2,4-8,10,15-17H,1,3,9,11-12H2/t15-,16-,17+/m0/s1. The second-order valence-electron chi connectivity index (χ2n) is 6.62. The van der Waals surface area contributed by atoms with E-state index < -0.39 is 0 Å². The monoisotopic (exact) mass is 313 g/mol. The summed E-state index contributed by atoms with van der Waals surface area (Å²) in [5, 5.41) is 0. The SMILES string of the molecule is O=C([C@@H]1C[C@@H]1c1ccco1)N1CCC[C@H]1Cc1ccc(F)cc1. The molecule has 1 aromatic heterocycles. The quantitative estimate of drug-likeness (QED) is 0.861. The summed E-state index contributed by atoms with van der Waals surface area (Å²) in [6, 6.07) is 10.7. The van der Waals surface area contributed by atoms with Crippen LogP contribution in [0.3, 0.4) is 0 Å². The van der Waals surface area contributed by atoms with Crippen LogP contribution in [0, 0.1) is 11.7 Å². The highest BCUT2D eigenvalue weighted by Crippen LogP contribution is 2.49. The van der Waals surface area contributed by atoms with Crippen LogP contribution >= 0.6 is 0 Å². The Bertz CT molecular complexity index is 680. The number of nitrogens with zero attached hydrogens (tertiary/aromatic N) is 1. The molecule has 1 aliphatic heterocycles. The number of likely N-dealkylation sites (tertiary alicyclic amines) is 1. The molecule has 1 aromatic carbocycles. The Hall–Kier alpha value is -2.10. The first-order valence-corrected chi connectivity index (χ1v) is 8.30. The van der Waals surface area contributed by atoms with Gasteiger partial charge in [0.25, 0.3) is 0 Å². The Balaban J connectivity index is 1.41. The molecule has 2 aliphatic rings. The van der Waals surface area contributed by atoms with Gasteiger partial charge >= 0.3 is 0 Å². The van der Waals surface area contributed by atoms with Crippen LogP contribution in [-0.2, 0) is 11.2 Å². The molecular weight excluding hydrogens is 293 g/mol. The second-order valence-corrected chi connectivity index (χ2v) is 6.62. The van der Waals surface area contributed by atoms with E-state index in [0.29, 0.717) is 0 Å². The van der Waals surface area contributed by atoms with Crippen LogP contribution in [0.15, 0.2) is 47.1 Å². The fourth-order valence-electron chi connectivity index (χ4n) is 3.73. The Morgan fingerprint density at radius 2 is 2.09 bits per heavy atom. The van der Waals surface area contributed by atoms with Gasteiger partial charge in [0.15, 0.2) is 0 Å². The fraction of sp³-hybridized carbons (Fsp3) is 0.421. The summed E-state index contributed by atoms with van der Waals surface area (Å²) in [5.41, 5.74) is 1.09. The largest absolute Gasteiger partial charge is 0.469 e. The molecule has 120 valence electrons. The maximum Gasteiger partial charge on any atom is 0.226 e. The third-order valence-electron chi connectivity index (χ3n) is 5.06. The molecule has 4 rings (SSSR count). The highest BCUT2D eigenvalue weighted by atomic mass is 19.1. The van der Waals surface area contributed by atoms with Gasteiger partial charge in [-0.15, -0.1) is 0 Å². The van der Waals surface area contributed by atoms with Crippen molar-refractivity contribution < 1.29 is 13.6 Å². The number of halogens is 1. The zero-order valence-electron chi connectivity index (χ0n) is 13.0. The summed E-state index contributed by atoms with van der Waals surface area (Å²) in [4.78, 5) is 14.8. The summed E-state index contributed by atoms with van der Waals surface area (Å²) < 4.78 is 18.5. The third kappa shape index (κ3) is 2.90. The van der Waals surface area contributed by atoms with Crippen molar-refractivity contribution in [1.82, 2.24) is 4.90 Å². The fourth-order valence-corrected chi connectivity index (χ4v) is 3.73. The highest BCUT2D eigenvalue weighted by Gasteiger charge is 2.49. The van der Waals surface area contributed by atoms with Crippen molar-refractivity contribution in [1.29, 1.82) is 0 Å². The van der Waals surface area contributed by atoms with Gasteiger partial charge < -0.3 is 9.32 Å². The molecule has 23 heavy (non-hydrogen) atoms. The average Bonchev–Trinajstić information content (AvgIpc) is 2.98. The molecule has 1 saturated carbocycles. The molecule has 3 atom stereocenters. The van der Waals surface area contributed by atoms with Crippen LogP contribution in [0.5, 0.6) is 0 Å². The van der Waals surface area contributed by atoms with Crippen molar-refractivity contribution in [3.05, 3.63) is 59.8 Å². The number of benzene rings is 1. The summed E-state index contributed by atoms with van der Waals surface area (Å²) in [5.74, 6) is 1.31. The van der Waals surface area contributed by atoms with Gasteiger partial charge in [-0.25, -0.2) is 4.39 Å². The summed E-state index contributed by atoms with van der Waals surface area (Å²) >= 11 is 0. The van der Waals surface area contributed by atoms with Crippen LogP contribution in [0.2, 0.25) is 0 Å². The van der Waals surface area contributed by atoms with Crippen molar-refractivity contribution >= 4 is 5.91 Å².